The zero-order valence-corrected chi connectivity index (χ0v) is 28.1. The molecule has 2 atom stereocenters. The number of amidine groups is 1. The standard InChI is InChI=1S/C32H43ClN4O3.C2HF3O2/c1-5-8-28-30(23-9-11-24(33)12-10-23)37(32(38)36-19-15-25(16-20-36)35-17-6-7-18-35)31(34-28)27-14-13-26(39-4)21-29(27)40-22(2)3;3-2(4,5)1(6)7/h9-14,21-22,25,28,30H,5-8,15-20H2,1-4H3;(H,6,7). The summed E-state index contributed by atoms with van der Waals surface area (Å²) in [5, 5.41) is 7.81. The van der Waals surface area contributed by atoms with Crippen molar-refractivity contribution in [2.75, 3.05) is 33.3 Å². The molecule has 0 aromatic heterocycles. The predicted molar refractivity (Wildman–Crippen MR) is 175 cm³/mol. The van der Waals surface area contributed by atoms with Crippen molar-refractivity contribution in [2.45, 2.75) is 89.7 Å². The molecule has 2 aromatic carbocycles. The van der Waals surface area contributed by atoms with E-state index in [2.05, 4.69) is 11.8 Å². The van der Waals surface area contributed by atoms with E-state index in [4.69, 9.17) is 36.0 Å². The van der Waals surface area contributed by atoms with Crippen molar-refractivity contribution in [2.24, 2.45) is 4.99 Å². The Balaban J connectivity index is 0.000000644. The molecular weight excluding hydrogens is 637 g/mol. The summed E-state index contributed by atoms with van der Waals surface area (Å²) < 4.78 is 43.5. The number of piperidine rings is 1. The monoisotopic (exact) mass is 680 g/mol. The van der Waals surface area contributed by atoms with Gasteiger partial charge in [-0.05, 0) is 88.9 Å². The summed E-state index contributed by atoms with van der Waals surface area (Å²) in [5.74, 6) is -0.708. The van der Waals surface area contributed by atoms with E-state index < -0.39 is 12.1 Å². The molecule has 0 bridgehead atoms. The van der Waals surface area contributed by atoms with E-state index in [-0.39, 0.29) is 24.2 Å². The summed E-state index contributed by atoms with van der Waals surface area (Å²) in [5.41, 5.74) is 1.86. The quantitative estimate of drug-likeness (QED) is 0.312. The van der Waals surface area contributed by atoms with Gasteiger partial charge in [0.25, 0.3) is 0 Å². The molecule has 0 radical (unpaired) electrons. The van der Waals surface area contributed by atoms with E-state index in [1.165, 1.54) is 25.9 Å². The van der Waals surface area contributed by atoms with Crippen molar-refractivity contribution in [3.63, 3.8) is 0 Å². The first-order chi connectivity index (χ1) is 22.3. The molecule has 47 heavy (non-hydrogen) atoms. The molecule has 3 aliphatic heterocycles. The molecule has 258 valence electrons. The van der Waals surface area contributed by atoms with Crippen molar-refractivity contribution >= 4 is 29.4 Å². The molecule has 13 heteroatoms. The number of carbonyl (C=O) groups is 2. The molecule has 0 spiro atoms. The van der Waals surface area contributed by atoms with Gasteiger partial charge in [-0.15, -0.1) is 0 Å². The molecule has 2 fully saturated rings. The van der Waals surface area contributed by atoms with Crippen LogP contribution in [0.2, 0.25) is 5.02 Å². The smallest absolute Gasteiger partial charge is 0.490 e. The minimum absolute atomic E-state index is 0.0171. The second kappa shape index (κ2) is 16.1. The van der Waals surface area contributed by atoms with Crippen molar-refractivity contribution < 1.29 is 37.3 Å². The lowest BCUT2D eigenvalue weighted by Gasteiger charge is -2.40. The maximum Gasteiger partial charge on any atom is 0.490 e. The van der Waals surface area contributed by atoms with Crippen LogP contribution in [0.5, 0.6) is 11.5 Å². The number of amides is 2. The van der Waals surface area contributed by atoms with Gasteiger partial charge in [0.2, 0.25) is 0 Å². The highest BCUT2D eigenvalue weighted by molar-refractivity contribution is 6.30. The fourth-order valence-corrected chi connectivity index (χ4v) is 6.53. The molecule has 5 rings (SSSR count). The summed E-state index contributed by atoms with van der Waals surface area (Å²) in [7, 11) is 1.65. The minimum atomic E-state index is -5.08. The first kappa shape index (κ1) is 36.3. The first-order valence-corrected chi connectivity index (χ1v) is 16.5. The van der Waals surface area contributed by atoms with Crippen LogP contribution in [0.3, 0.4) is 0 Å². The Hall–Kier alpha value is -3.51. The van der Waals surface area contributed by atoms with Crippen LogP contribution in [0, 0.1) is 0 Å². The minimum Gasteiger partial charge on any atom is -0.497 e. The number of aliphatic imine (C=N–C) groups is 1. The number of likely N-dealkylation sites (tertiary alicyclic amines) is 2. The van der Waals surface area contributed by atoms with Gasteiger partial charge in [-0.25, -0.2) is 9.59 Å². The molecule has 0 aliphatic carbocycles. The lowest BCUT2D eigenvalue weighted by atomic mass is 9.96. The van der Waals surface area contributed by atoms with Crippen LogP contribution in [-0.4, -0.2) is 95.3 Å². The molecule has 2 amide bonds. The molecule has 0 saturated carbocycles. The van der Waals surface area contributed by atoms with Crippen LogP contribution in [0.25, 0.3) is 0 Å². The normalized spacial score (nSPS) is 20.6. The fourth-order valence-electron chi connectivity index (χ4n) is 6.40. The summed E-state index contributed by atoms with van der Waals surface area (Å²) in [6.07, 6.45) is 1.32. The number of halogens is 4. The molecule has 3 heterocycles. The van der Waals surface area contributed by atoms with Gasteiger partial charge < -0.3 is 24.4 Å². The number of carboxylic acid groups (broad SMARTS) is 1. The number of aliphatic carboxylic acids is 1. The highest BCUT2D eigenvalue weighted by Gasteiger charge is 2.44. The third-order valence-electron chi connectivity index (χ3n) is 8.59. The van der Waals surface area contributed by atoms with Crippen LogP contribution in [0.4, 0.5) is 18.0 Å². The number of nitrogens with zero attached hydrogens (tertiary/aromatic N) is 4. The number of carbonyl (C=O) groups excluding carboxylic acids is 1. The van der Waals surface area contributed by atoms with Gasteiger partial charge in [-0.1, -0.05) is 37.1 Å². The van der Waals surface area contributed by atoms with Crippen LogP contribution >= 0.6 is 11.6 Å². The molecule has 2 aromatic rings. The van der Waals surface area contributed by atoms with E-state index >= 15 is 0 Å². The Morgan fingerprint density at radius 3 is 2.19 bits per heavy atom. The fraction of sp³-hybridized carbons (Fsp3) is 0.559. The molecule has 9 nitrogen and oxygen atoms in total. The SMILES string of the molecule is CCCC1N=C(c2ccc(OC)cc2OC(C)C)N(C(=O)N2CCC(N3CCCC3)CC2)C1c1ccc(Cl)cc1.O=C(O)C(F)(F)F. The zero-order valence-electron chi connectivity index (χ0n) is 27.3. The first-order valence-electron chi connectivity index (χ1n) is 16.1. The van der Waals surface area contributed by atoms with E-state index in [1.807, 2.05) is 66.1 Å². The number of urea groups is 1. The largest absolute Gasteiger partial charge is 0.497 e. The van der Waals surface area contributed by atoms with Crippen molar-refractivity contribution in [3.05, 3.63) is 58.6 Å². The Kier molecular flexibility index (Phi) is 12.4. The number of carboxylic acids is 1. The van der Waals surface area contributed by atoms with E-state index in [0.29, 0.717) is 28.4 Å². The topological polar surface area (TPSA) is 94.9 Å². The van der Waals surface area contributed by atoms with Gasteiger partial charge in [-0.3, -0.25) is 9.89 Å². The Bertz CT molecular complexity index is 1390. The Morgan fingerprint density at radius 2 is 1.66 bits per heavy atom. The third-order valence-corrected chi connectivity index (χ3v) is 8.84. The summed E-state index contributed by atoms with van der Waals surface area (Å²) in [6.45, 7) is 10.1. The maximum absolute atomic E-state index is 14.5. The predicted octanol–water partition coefficient (Wildman–Crippen LogP) is 7.42. The number of hydrogen-bond acceptors (Lipinski definition) is 6. The van der Waals surface area contributed by atoms with Gasteiger partial charge in [0.05, 0.1) is 30.9 Å². The van der Waals surface area contributed by atoms with Crippen molar-refractivity contribution in [1.82, 2.24) is 14.7 Å². The second-order valence-electron chi connectivity index (χ2n) is 12.3. The van der Waals surface area contributed by atoms with Crippen molar-refractivity contribution in [1.29, 1.82) is 0 Å². The van der Waals surface area contributed by atoms with Gasteiger partial charge >= 0.3 is 18.2 Å². The molecule has 2 saturated heterocycles. The van der Waals surface area contributed by atoms with Gasteiger partial charge in [0, 0.05) is 30.2 Å². The number of benzene rings is 2. The van der Waals surface area contributed by atoms with E-state index in [1.54, 1.807) is 7.11 Å². The zero-order chi connectivity index (χ0) is 34.3. The number of rotatable bonds is 8. The third kappa shape index (κ3) is 9.10. The van der Waals surface area contributed by atoms with Crippen LogP contribution < -0.4 is 9.47 Å². The average molecular weight is 681 g/mol. The lowest BCUT2D eigenvalue weighted by molar-refractivity contribution is -0.192. The number of methoxy groups -OCH3 is 1. The Morgan fingerprint density at radius 1 is 1.04 bits per heavy atom. The van der Waals surface area contributed by atoms with E-state index in [0.717, 1.165) is 49.9 Å². The molecule has 2 unspecified atom stereocenters. The second-order valence-corrected chi connectivity index (χ2v) is 12.7. The lowest BCUT2D eigenvalue weighted by Crippen LogP contribution is -2.52. The summed E-state index contributed by atoms with van der Waals surface area (Å²) in [6, 6.07) is 14.0. The average Bonchev–Trinajstić information content (AvgIpc) is 3.70. The number of alkyl halides is 3. The molecular formula is C34H44ClF3N4O5. The maximum atomic E-state index is 14.5. The summed E-state index contributed by atoms with van der Waals surface area (Å²) in [4.78, 5) is 35.3. The number of hydrogen-bond donors (Lipinski definition) is 1. The van der Waals surface area contributed by atoms with E-state index in [9.17, 15) is 18.0 Å². The highest BCUT2D eigenvalue weighted by atomic mass is 35.5. The Labute approximate surface area is 279 Å². The van der Waals surface area contributed by atoms with Gasteiger partial charge in [0.15, 0.2) is 0 Å². The molecule has 3 aliphatic rings. The van der Waals surface area contributed by atoms with Crippen LogP contribution in [0.15, 0.2) is 47.5 Å². The molecule has 1 N–H and O–H groups in total. The highest BCUT2D eigenvalue weighted by Crippen LogP contribution is 2.40. The summed E-state index contributed by atoms with van der Waals surface area (Å²) >= 11 is 6.28. The van der Waals surface area contributed by atoms with Gasteiger partial charge in [0.1, 0.15) is 17.3 Å². The van der Waals surface area contributed by atoms with Crippen LogP contribution in [0.1, 0.15) is 76.5 Å². The van der Waals surface area contributed by atoms with Crippen LogP contribution in [-0.2, 0) is 4.79 Å². The van der Waals surface area contributed by atoms with Gasteiger partial charge in [-0.2, -0.15) is 13.2 Å². The van der Waals surface area contributed by atoms with Crippen molar-refractivity contribution in [3.8, 4) is 11.5 Å². The number of ether oxygens (including phenoxy) is 2.